The molecule has 0 radical (unpaired) electrons. The lowest BCUT2D eigenvalue weighted by atomic mass is 9.85. The Hall–Kier alpha value is -7.06. The van der Waals surface area contributed by atoms with Gasteiger partial charge in [-0.1, -0.05) is 83.1 Å². The minimum atomic E-state index is -1.15. The number of aryl methyl sites for hydroxylation is 2. The predicted octanol–water partition coefficient (Wildman–Crippen LogP) is 3.66. The van der Waals surface area contributed by atoms with Crippen molar-refractivity contribution in [1.82, 2.24) is 52.8 Å². The molecule has 1 saturated heterocycles. The Morgan fingerprint density at radius 1 is 0.671 bits per heavy atom. The summed E-state index contributed by atoms with van der Waals surface area (Å²) in [6.07, 6.45) is 4.77. The fraction of sp³-hybridized carbons (Fsp3) is 0.536. The quantitative estimate of drug-likeness (QED) is 0.0695. The Bertz CT molecular complexity index is 2640. The number of hydrogen-bond donors (Lipinski definition) is 9. The van der Waals surface area contributed by atoms with Crippen LogP contribution in [0.15, 0.2) is 71.9 Å². The van der Waals surface area contributed by atoms with Crippen molar-refractivity contribution < 1.29 is 38.4 Å². The van der Waals surface area contributed by atoms with Gasteiger partial charge in [0.2, 0.25) is 35.4 Å². The maximum Gasteiger partial charge on any atom is 0.251 e. The molecule has 1 aliphatic heterocycles. The topological polar surface area (TPSA) is 278 Å². The molecule has 20 nitrogen and oxygen atoms in total. The molecule has 0 spiro atoms. The van der Waals surface area contributed by atoms with E-state index in [1.807, 2.05) is 69.3 Å². The van der Waals surface area contributed by atoms with Gasteiger partial charge in [-0.3, -0.25) is 38.4 Å². The van der Waals surface area contributed by atoms with Crippen LogP contribution in [0.4, 0.5) is 5.69 Å². The number of nitroso groups, excluding NO2 is 1. The maximum atomic E-state index is 14.7. The normalized spacial score (nSPS) is 20.0. The van der Waals surface area contributed by atoms with E-state index < -0.39 is 95.0 Å². The summed E-state index contributed by atoms with van der Waals surface area (Å²) in [5, 5.41) is 29.2. The zero-order chi connectivity index (χ0) is 55.4. The molecular weight excluding hydrogens is 971 g/mol. The maximum absolute atomic E-state index is 14.7. The molecule has 20 heteroatoms. The summed E-state index contributed by atoms with van der Waals surface area (Å²) in [6.45, 7) is 12.1. The Kier molecular flexibility index (Phi) is 20.0. The molecule has 0 aromatic heterocycles. The highest BCUT2D eigenvalue weighted by molar-refractivity contribution is 6.01. The Balaban J connectivity index is 1.19. The number of nitrogens with zero attached hydrogens (tertiary/aromatic N) is 2. The zero-order valence-electron chi connectivity index (χ0n) is 45.3. The van der Waals surface area contributed by atoms with E-state index in [4.69, 9.17) is 0 Å². The molecule has 6 rings (SSSR count). The van der Waals surface area contributed by atoms with E-state index in [1.54, 1.807) is 41.8 Å². The molecule has 9 atom stereocenters. The summed E-state index contributed by atoms with van der Waals surface area (Å²) in [4.78, 5) is 125. The van der Waals surface area contributed by atoms with Gasteiger partial charge in [-0.2, -0.15) is 0 Å². The van der Waals surface area contributed by atoms with Crippen LogP contribution in [0.2, 0.25) is 0 Å². The van der Waals surface area contributed by atoms with Gasteiger partial charge < -0.3 is 52.8 Å². The zero-order valence-corrected chi connectivity index (χ0v) is 45.3. The average Bonchev–Trinajstić information content (AvgIpc) is 3.83. The van der Waals surface area contributed by atoms with E-state index in [9.17, 15) is 43.3 Å². The number of benzene rings is 3. The second-order valence-electron chi connectivity index (χ2n) is 21.7. The molecule has 3 aliphatic rings. The first-order valence-electron chi connectivity index (χ1n) is 26.5. The Morgan fingerprint density at radius 3 is 1.78 bits per heavy atom. The van der Waals surface area contributed by atoms with Gasteiger partial charge in [0.15, 0.2) is 0 Å². The number of carbonyl (C=O) groups excluding carboxylic acids is 8. The average molecular weight is 1050 g/mol. The van der Waals surface area contributed by atoms with Crippen LogP contribution < -0.4 is 47.9 Å². The van der Waals surface area contributed by atoms with Crippen LogP contribution >= 0.6 is 0 Å². The van der Waals surface area contributed by atoms with Gasteiger partial charge in [-0.05, 0) is 136 Å². The molecule has 9 N–H and O–H groups in total. The first-order valence-corrected chi connectivity index (χ1v) is 26.5. The second kappa shape index (κ2) is 26.1. The summed E-state index contributed by atoms with van der Waals surface area (Å²) in [5.74, 6) is -4.55. The fourth-order valence-electron chi connectivity index (χ4n) is 10.1. The third-order valence-electron chi connectivity index (χ3n) is 14.8. The van der Waals surface area contributed by atoms with E-state index in [0.29, 0.717) is 12.8 Å². The monoisotopic (exact) mass is 1050 g/mol. The lowest BCUT2D eigenvalue weighted by Crippen LogP contribution is -2.59. The molecule has 3 aromatic carbocycles. The number of likely N-dealkylation sites (N-methyl/N-ethyl adjacent to an activating group) is 2. The van der Waals surface area contributed by atoms with Crippen molar-refractivity contribution in [2.75, 3.05) is 27.2 Å². The van der Waals surface area contributed by atoms with Crippen molar-refractivity contribution in [1.29, 1.82) is 0 Å². The highest BCUT2D eigenvalue weighted by Crippen LogP contribution is 2.33. The predicted molar refractivity (Wildman–Crippen MR) is 288 cm³/mol. The van der Waals surface area contributed by atoms with Crippen LogP contribution in [0.1, 0.15) is 142 Å². The van der Waals surface area contributed by atoms with Crippen molar-refractivity contribution in [2.45, 2.75) is 154 Å². The molecule has 0 unspecified atom stereocenters. The van der Waals surface area contributed by atoms with E-state index in [-0.39, 0.29) is 60.7 Å². The Morgan fingerprint density at radius 2 is 1.22 bits per heavy atom. The van der Waals surface area contributed by atoms with E-state index in [0.717, 1.165) is 47.9 Å². The van der Waals surface area contributed by atoms with Crippen LogP contribution in [-0.2, 0) is 41.6 Å². The number of amides is 8. The summed E-state index contributed by atoms with van der Waals surface area (Å²) in [5.41, 5.74) is 3.03. The number of nitrogens with one attached hydrogen (secondary N) is 9. The van der Waals surface area contributed by atoms with Crippen LogP contribution in [0.25, 0.3) is 0 Å². The minimum Gasteiger partial charge on any atom is -0.352 e. The first kappa shape index (κ1) is 58.2. The molecule has 8 amide bonds. The van der Waals surface area contributed by atoms with E-state index >= 15 is 0 Å². The van der Waals surface area contributed by atoms with Gasteiger partial charge in [0.05, 0.1) is 24.2 Å². The molecule has 3 aromatic rings. The summed E-state index contributed by atoms with van der Waals surface area (Å²) in [7, 11) is 3.25. The van der Waals surface area contributed by atoms with Crippen LogP contribution in [-0.4, -0.2) is 122 Å². The van der Waals surface area contributed by atoms with Gasteiger partial charge in [-0.15, -0.1) is 4.91 Å². The van der Waals surface area contributed by atoms with Crippen molar-refractivity contribution in [3.63, 3.8) is 0 Å². The molecule has 1 heterocycles. The summed E-state index contributed by atoms with van der Waals surface area (Å²) >= 11 is 0. The second-order valence-corrected chi connectivity index (χ2v) is 21.7. The SMILES string of the molecule is CN[C@@H](C)C(=O)N[C@H](C(=O)N[C@@H](CCNC(=O)c1cc(N=O)cc(C(=O)N[C@H]2C[C@@H](C(=O)N[C@@H]3CCCc4ccccc43)N(C(=O)[C@@H](NC(=O)[C@H](C)NC)C(C)(C)C)C2)c1)C(=O)N[C@@H]1CCCc2ccccc21)C(C)C. The molecule has 0 saturated carbocycles. The summed E-state index contributed by atoms with van der Waals surface area (Å²) < 4.78 is 0. The van der Waals surface area contributed by atoms with Crippen molar-refractivity contribution in [2.24, 2.45) is 16.5 Å². The highest BCUT2D eigenvalue weighted by Gasteiger charge is 2.46. The number of hydrogen-bond acceptors (Lipinski definition) is 12. The summed E-state index contributed by atoms with van der Waals surface area (Å²) in [6, 6.07) is 12.6. The fourth-order valence-corrected chi connectivity index (χ4v) is 10.1. The van der Waals surface area contributed by atoms with Gasteiger partial charge in [0.25, 0.3) is 11.8 Å². The lowest BCUT2D eigenvalue weighted by Gasteiger charge is -2.36. The Labute approximate surface area is 445 Å². The lowest BCUT2D eigenvalue weighted by molar-refractivity contribution is -0.144. The molecule has 0 bridgehead atoms. The molecule has 2 aliphatic carbocycles. The van der Waals surface area contributed by atoms with Gasteiger partial charge in [0, 0.05) is 30.3 Å². The van der Waals surface area contributed by atoms with E-state index in [2.05, 4.69) is 53.0 Å². The van der Waals surface area contributed by atoms with Gasteiger partial charge in [0.1, 0.15) is 29.9 Å². The van der Waals surface area contributed by atoms with Crippen LogP contribution in [0, 0.1) is 16.2 Å². The molecular formula is C56H77N11O9. The van der Waals surface area contributed by atoms with Crippen molar-refractivity contribution >= 4 is 52.9 Å². The van der Waals surface area contributed by atoms with Gasteiger partial charge >= 0.3 is 0 Å². The van der Waals surface area contributed by atoms with E-state index in [1.165, 1.54) is 23.1 Å². The smallest absolute Gasteiger partial charge is 0.251 e. The minimum absolute atomic E-state index is 0.0201. The largest absolute Gasteiger partial charge is 0.352 e. The number of likely N-dealkylation sites (tertiary alicyclic amines) is 1. The van der Waals surface area contributed by atoms with Crippen LogP contribution in [0.3, 0.4) is 0 Å². The molecule has 76 heavy (non-hydrogen) atoms. The molecule has 410 valence electrons. The third kappa shape index (κ3) is 14.7. The third-order valence-corrected chi connectivity index (χ3v) is 14.8. The highest BCUT2D eigenvalue weighted by atomic mass is 16.3. The number of fused-ring (bicyclic) bond motifs is 2. The van der Waals surface area contributed by atoms with Crippen molar-refractivity contribution in [3.05, 3.63) is 105 Å². The first-order chi connectivity index (χ1) is 36.1. The van der Waals surface area contributed by atoms with Gasteiger partial charge in [-0.25, -0.2) is 0 Å². The standard InChI is InChI=1S/C56H77N11O9/c1-31(2)46(64-48(68)32(3)57-8)54(74)63-44(52(72)61-42-22-14-18-34-16-10-12-20-40(34)42)24-25-59-50(70)36-26-37(28-38(27-36)66-76)51(71)60-39-29-45(53(73)62-43-23-15-19-35-17-11-13-21-41(35)43)67(30-39)55(75)47(56(5,6)7)65-49(69)33(4)58-9/h10-13,16-17,20-21,26-28,31-33,39,42-47,57-58H,14-15,18-19,22-25,29-30H2,1-9H3,(H,59,70)(H,60,71)(H,61,72)(H,62,73)(H,63,74)(H,64,68)(H,65,69)/t32-,33-,39-,42+,43+,44-,45-,46-,47+/m0/s1. The van der Waals surface area contributed by atoms with Crippen molar-refractivity contribution in [3.8, 4) is 0 Å². The number of rotatable bonds is 21. The van der Waals surface area contributed by atoms with Crippen LogP contribution in [0.5, 0.6) is 0 Å². The number of carbonyl (C=O) groups is 8. The molecule has 1 fully saturated rings.